The van der Waals surface area contributed by atoms with E-state index in [0.717, 1.165) is 0 Å². The fraction of sp³-hybridized carbons (Fsp3) is 0.300. The van der Waals surface area contributed by atoms with Gasteiger partial charge in [-0.1, -0.05) is 23.2 Å². The molecule has 0 fully saturated rings. The van der Waals surface area contributed by atoms with E-state index in [0.29, 0.717) is 15.7 Å². The molecule has 15 heavy (non-hydrogen) atoms. The standard InChI is InChI=1S/C10H11Cl2NOS/c1-6(15-2)10(14)13-9-4-3-7(11)5-8(9)12/h3-6H,1-2H3,(H,13,14). The number of halogens is 2. The second kappa shape index (κ2) is 5.64. The summed E-state index contributed by atoms with van der Waals surface area (Å²) in [7, 11) is 0. The number of hydrogen-bond donors (Lipinski definition) is 1. The SMILES string of the molecule is CSC(C)C(=O)Nc1ccc(Cl)cc1Cl. The third-order valence-corrected chi connectivity index (χ3v) is 3.38. The summed E-state index contributed by atoms with van der Waals surface area (Å²) >= 11 is 13.1. The van der Waals surface area contributed by atoms with Gasteiger partial charge in [0.05, 0.1) is 16.0 Å². The first-order chi connectivity index (χ1) is 7.04. The van der Waals surface area contributed by atoms with Crippen LogP contribution < -0.4 is 5.32 Å². The van der Waals surface area contributed by atoms with E-state index in [1.807, 2.05) is 13.2 Å². The molecule has 0 aromatic heterocycles. The smallest absolute Gasteiger partial charge is 0.237 e. The molecule has 0 aliphatic heterocycles. The van der Waals surface area contributed by atoms with Gasteiger partial charge >= 0.3 is 0 Å². The number of benzene rings is 1. The van der Waals surface area contributed by atoms with Crippen molar-refractivity contribution in [1.29, 1.82) is 0 Å². The molecular formula is C10H11Cl2NOS. The van der Waals surface area contributed by atoms with E-state index in [9.17, 15) is 4.79 Å². The summed E-state index contributed by atoms with van der Waals surface area (Å²) in [4.78, 5) is 11.6. The Hall–Kier alpha value is -0.380. The third kappa shape index (κ3) is 3.59. The van der Waals surface area contributed by atoms with Gasteiger partial charge in [0.15, 0.2) is 0 Å². The van der Waals surface area contributed by atoms with Crippen LogP contribution in [0.25, 0.3) is 0 Å². The van der Waals surface area contributed by atoms with Crippen molar-refractivity contribution >= 4 is 46.6 Å². The van der Waals surface area contributed by atoms with Crippen LogP contribution in [-0.4, -0.2) is 17.4 Å². The summed E-state index contributed by atoms with van der Waals surface area (Å²) in [5.41, 5.74) is 0.590. The zero-order valence-corrected chi connectivity index (χ0v) is 10.7. The first-order valence-electron chi connectivity index (χ1n) is 4.33. The minimum atomic E-state index is -0.100. The molecular weight excluding hydrogens is 253 g/mol. The number of carbonyl (C=O) groups excluding carboxylic acids is 1. The average molecular weight is 264 g/mol. The second-order valence-electron chi connectivity index (χ2n) is 2.99. The number of hydrogen-bond acceptors (Lipinski definition) is 2. The van der Waals surface area contributed by atoms with Gasteiger partial charge < -0.3 is 5.32 Å². The lowest BCUT2D eigenvalue weighted by Gasteiger charge is -2.10. The number of carbonyl (C=O) groups is 1. The number of thioether (sulfide) groups is 1. The van der Waals surface area contributed by atoms with Crippen LogP contribution >= 0.6 is 35.0 Å². The van der Waals surface area contributed by atoms with E-state index >= 15 is 0 Å². The molecule has 5 heteroatoms. The Labute approximate surface area is 103 Å². The molecule has 1 rings (SSSR count). The molecule has 0 spiro atoms. The lowest BCUT2D eigenvalue weighted by atomic mass is 10.3. The minimum absolute atomic E-state index is 0.0632. The Morgan fingerprint density at radius 3 is 2.67 bits per heavy atom. The van der Waals surface area contributed by atoms with Gasteiger partial charge in [0.25, 0.3) is 0 Å². The van der Waals surface area contributed by atoms with E-state index in [2.05, 4.69) is 5.32 Å². The van der Waals surface area contributed by atoms with Crippen LogP contribution in [0.5, 0.6) is 0 Å². The summed E-state index contributed by atoms with van der Waals surface area (Å²) in [6, 6.07) is 4.98. The summed E-state index contributed by atoms with van der Waals surface area (Å²) < 4.78 is 0. The monoisotopic (exact) mass is 263 g/mol. The Morgan fingerprint density at radius 2 is 2.13 bits per heavy atom. The first kappa shape index (κ1) is 12.7. The summed E-state index contributed by atoms with van der Waals surface area (Å²) in [6.07, 6.45) is 1.88. The maximum Gasteiger partial charge on any atom is 0.237 e. The highest BCUT2D eigenvalue weighted by Crippen LogP contribution is 2.25. The van der Waals surface area contributed by atoms with Crippen LogP contribution in [0, 0.1) is 0 Å². The van der Waals surface area contributed by atoms with Crippen molar-refractivity contribution in [2.24, 2.45) is 0 Å². The van der Waals surface area contributed by atoms with Gasteiger partial charge in [-0.2, -0.15) is 11.8 Å². The zero-order chi connectivity index (χ0) is 11.4. The van der Waals surface area contributed by atoms with Crippen molar-refractivity contribution in [2.45, 2.75) is 12.2 Å². The molecule has 0 radical (unpaired) electrons. The van der Waals surface area contributed by atoms with Gasteiger partial charge in [-0.25, -0.2) is 0 Å². The number of amides is 1. The molecule has 0 aliphatic carbocycles. The third-order valence-electron chi connectivity index (χ3n) is 1.91. The number of rotatable bonds is 3. The van der Waals surface area contributed by atoms with Crippen LogP contribution in [0.4, 0.5) is 5.69 Å². The molecule has 0 heterocycles. The maximum absolute atomic E-state index is 11.6. The van der Waals surface area contributed by atoms with Crippen molar-refractivity contribution < 1.29 is 4.79 Å². The molecule has 0 saturated carbocycles. The van der Waals surface area contributed by atoms with Crippen LogP contribution in [0.15, 0.2) is 18.2 Å². The first-order valence-corrected chi connectivity index (χ1v) is 6.37. The second-order valence-corrected chi connectivity index (χ2v) is 5.01. The molecule has 0 bridgehead atoms. The quantitative estimate of drug-likeness (QED) is 0.902. The fourth-order valence-electron chi connectivity index (χ4n) is 0.932. The summed E-state index contributed by atoms with van der Waals surface area (Å²) in [5.74, 6) is -0.0632. The maximum atomic E-state index is 11.6. The molecule has 0 saturated heterocycles. The van der Waals surface area contributed by atoms with Gasteiger partial charge in [0, 0.05) is 5.02 Å². The highest BCUT2D eigenvalue weighted by atomic mass is 35.5. The molecule has 1 amide bonds. The Morgan fingerprint density at radius 1 is 1.47 bits per heavy atom. The average Bonchev–Trinajstić information content (AvgIpc) is 2.20. The predicted octanol–water partition coefficient (Wildman–Crippen LogP) is 3.68. The van der Waals surface area contributed by atoms with Gasteiger partial charge in [-0.05, 0) is 31.4 Å². The molecule has 0 aliphatic rings. The Balaban J connectivity index is 2.77. The molecule has 1 unspecified atom stereocenters. The van der Waals surface area contributed by atoms with Crippen LogP contribution in [0.3, 0.4) is 0 Å². The lowest BCUT2D eigenvalue weighted by Crippen LogP contribution is -2.22. The molecule has 1 aromatic carbocycles. The predicted molar refractivity (Wildman–Crippen MR) is 68.1 cm³/mol. The number of anilines is 1. The van der Waals surface area contributed by atoms with Crippen molar-refractivity contribution in [3.63, 3.8) is 0 Å². The number of nitrogens with one attached hydrogen (secondary N) is 1. The van der Waals surface area contributed by atoms with E-state index < -0.39 is 0 Å². The summed E-state index contributed by atoms with van der Waals surface area (Å²) in [6.45, 7) is 1.84. The topological polar surface area (TPSA) is 29.1 Å². The van der Waals surface area contributed by atoms with Gasteiger partial charge in [-0.3, -0.25) is 4.79 Å². The molecule has 82 valence electrons. The normalized spacial score (nSPS) is 12.3. The van der Waals surface area contributed by atoms with E-state index in [-0.39, 0.29) is 11.2 Å². The summed E-state index contributed by atoms with van der Waals surface area (Å²) in [5, 5.41) is 3.64. The Kier molecular flexibility index (Phi) is 4.77. The van der Waals surface area contributed by atoms with Crippen LogP contribution in [-0.2, 0) is 4.79 Å². The van der Waals surface area contributed by atoms with Gasteiger partial charge in [0.1, 0.15) is 0 Å². The van der Waals surface area contributed by atoms with Crippen molar-refractivity contribution in [2.75, 3.05) is 11.6 Å². The van der Waals surface area contributed by atoms with E-state index in [1.54, 1.807) is 18.2 Å². The zero-order valence-electron chi connectivity index (χ0n) is 8.38. The highest BCUT2D eigenvalue weighted by molar-refractivity contribution is 7.99. The molecule has 1 atom stereocenters. The highest BCUT2D eigenvalue weighted by Gasteiger charge is 2.12. The lowest BCUT2D eigenvalue weighted by molar-refractivity contribution is -0.115. The van der Waals surface area contributed by atoms with Gasteiger partial charge in [-0.15, -0.1) is 0 Å². The van der Waals surface area contributed by atoms with Gasteiger partial charge in [0.2, 0.25) is 5.91 Å². The van der Waals surface area contributed by atoms with Crippen molar-refractivity contribution in [1.82, 2.24) is 0 Å². The van der Waals surface area contributed by atoms with E-state index in [1.165, 1.54) is 11.8 Å². The van der Waals surface area contributed by atoms with Crippen LogP contribution in [0.2, 0.25) is 10.0 Å². The van der Waals surface area contributed by atoms with E-state index in [4.69, 9.17) is 23.2 Å². The van der Waals surface area contributed by atoms with Crippen LogP contribution in [0.1, 0.15) is 6.92 Å². The minimum Gasteiger partial charge on any atom is -0.324 e. The molecule has 2 nitrogen and oxygen atoms in total. The van der Waals surface area contributed by atoms with Crippen molar-refractivity contribution in [3.8, 4) is 0 Å². The molecule has 1 aromatic rings. The molecule has 1 N–H and O–H groups in total. The van der Waals surface area contributed by atoms with Crippen molar-refractivity contribution in [3.05, 3.63) is 28.2 Å². The Bertz CT molecular complexity index is 370. The fourth-order valence-corrected chi connectivity index (χ4v) is 1.66. The largest absolute Gasteiger partial charge is 0.324 e.